The summed E-state index contributed by atoms with van der Waals surface area (Å²) in [5.41, 5.74) is 0.547. The van der Waals surface area contributed by atoms with Crippen molar-refractivity contribution >= 4 is 5.82 Å². The van der Waals surface area contributed by atoms with Crippen LogP contribution in [0.3, 0.4) is 0 Å². The first kappa shape index (κ1) is 11.4. The van der Waals surface area contributed by atoms with E-state index < -0.39 is 11.0 Å². The number of rotatable bonds is 4. The summed E-state index contributed by atoms with van der Waals surface area (Å²) in [6.07, 6.45) is -0.675. The first-order chi connectivity index (χ1) is 7.00. The maximum Gasteiger partial charge on any atom is 0.406 e. The van der Waals surface area contributed by atoms with E-state index in [1.54, 1.807) is 13.0 Å². The van der Waals surface area contributed by atoms with Gasteiger partial charge in [0.25, 0.3) is 0 Å². The van der Waals surface area contributed by atoms with Gasteiger partial charge in [0, 0.05) is 6.92 Å². The van der Waals surface area contributed by atoms with Gasteiger partial charge in [-0.25, -0.2) is 0 Å². The number of aliphatic hydroxyl groups is 1. The Morgan fingerprint density at radius 2 is 2.33 bits per heavy atom. The molecule has 1 atom stereocenters. The molecule has 6 nitrogen and oxygen atoms in total. The minimum absolute atomic E-state index is 0.00554. The molecule has 0 unspecified atom stereocenters. The highest BCUT2D eigenvalue weighted by Crippen LogP contribution is 2.24. The predicted molar refractivity (Wildman–Crippen MR) is 52.8 cm³/mol. The number of pyridine rings is 1. The van der Waals surface area contributed by atoms with Gasteiger partial charge in [-0.2, -0.15) is 0 Å². The second kappa shape index (κ2) is 4.70. The van der Waals surface area contributed by atoms with E-state index in [-0.39, 0.29) is 18.2 Å². The molecule has 6 heteroatoms. The molecule has 0 saturated heterocycles. The topological polar surface area (TPSA) is 85.5 Å². The summed E-state index contributed by atoms with van der Waals surface area (Å²) in [5, 5.41) is 19.6. The van der Waals surface area contributed by atoms with Gasteiger partial charge in [0.05, 0.1) is 6.10 Å². The van der Waals surface area contributed by atoms with E-state index in [2.05, 4.69) is 4.98 Å². The molecule has 0 aliphatic rings. The van der Waals surface area contributed by atoms with Crippen LogP contribution < -0.4 is 4.74 Å². The molecule has 0 amide bonds. The molecule has 1 aromatic rings. The molecule has 82 valence electrons. The van der Waals surface area contributed by atoms with Gasteiger partial charge in [-0.15, -0.1) is 0 Å². The Bertz CT molecular complexity index is 365. The minimum atomic E-state index is -0.675. The van der Waals surface area contributed by atoms with Crippen LogP contribution in [0.1, 0.15) is 12.6 Å². The summed E-state index contributed by atoms with van der Waals surface area (Å²) < 4.78 is 5.06. The fourth-order valence-corrected chi connectivity index (χ4v) is 0.984. The fourth-order valence-electron chi connectivity index (χ4n) is 0.984. The van der Waals surface area contributed by atoms with Gasteiger partial charge >= 0.3 is 5.82 Å². The summed E-state index contributed by atoms with van der Waals surface area (Å²) in [6, 6.07) is 3.09. The number of aliphatic hydroxyl groups excluding tert-OH is 1. The first-order valence-corrected chi connectivity index (χ1v) is 4.43. The molecular formula is C9H12N2O4. The van der Waals surface area contributed by atoms with Crippen LogP contribution in [0.25, 0.3) is 0 Å². The van der Waals surface area contributed by atoms with Crippen LogP contribution in [0.2, 0.25) is 0 Å². The van der Waals surface area contributed by atoms with Crippen molar-refractivity contribution in [3.8, 4) is 5.75 Å². The lowest BCUT2D eigenvalue weighted by molar-refractivity contribution is -0.390. The van der Waals surface area contributed by atoms with Gasteiger partial charge in [0.15, 0.2) is 0 Å². The van der Waals surface area contributed by atoms with Crippen molar-refractivity contribution in [3.63, 3.8) is 0 Å². The lowest BCUT2D eigenvalue weighted by atomic mass is 10.3. The van der Waals surface area contributed by atoms with Crippen LogP contribution in [0.15, 0.2) is 12.1 Å². The van der Waals surface area contributed by atoms with Crippen LogP contribution in [0, 0.1) is 17.0 Å². The Kier molecular flexibility index (Phi) is 3.56. The van der Waals surface area contributed by atoms with Gasteiger partial charge in [-0.1, -0.05) is 0 Å². The van der Waals surface area contributed by atoms with E-state index in [9.17, 15) is 10.1 Å². The lowest BCUT2D eigenvalue weighted by Crippen LogP contribution is -2.13. The number of aromatic nitrogens is 1. The molecule has 0 spiro atoms. The van der Waals surface area contributed by atoms with Crippen LogP contribution in [-0.4, -0.2) is 27.7 Å². The van der Waals surface area contributed by atoms with E-state index in [0.29, 0.717) is 5.69 Å². The van der Waals surface area contributed by atoms with Gasteiger partial charge in [0.1, 0.15) is 12.3 Å². The summed E-state index contributed by atoms with van der Waals surface area (Å²) in [6.45, 7) is 3.20. The Morgan fingerprint density at radius 3 is 2.87 bits per heavy atom. The minimum Gasteiger partial charge on any atom is -0.483 e. The molecule has 0 aromatic carbocycles. The number of nitrogens with zero attached hydrogens (tertiary/aromatic N) is 2. The Hall–Kier alpha value is -1.69. The highest BCUT2D eigenvalue weighted by Gasteiger charge is 2.17. The maximum atomic E-state index is 10.6. The van der Waals surface area contributed by atoms with E-state index in [0.717, 1.165) is 0 Å². The second-order valence-corrected chi connectivity index (χ2v) is 3.19. The molecular weight excluding hydrogens is 200 g/mol. The van der Waals surface area contributed by atoms with Crippen molar-refractivity contribution in [1.29, 1.82) is 0 Å². The normalized spacial score (nSPS) is 12.2. The van der Waals surface area contributed by atoms with Gasteiger partial charge in [0.2, 0.25) is 5.75 Å². The molecule has 0 aliphatic heterocycles. The third-order valence-corrected chi connectivity index (χ3v) is 1.63. The van der Waals surface area contributed by atoms with Crippen molar-refractivity contribution < 1.29 is 14.8 Å². The zero-order valence-corrected chi connectivity index (χ0v) is 8.51. The summed E-state index contributed by atoms with van der Waals surface area (Å²) >= 11 is 0. The number of aryl methyl sites for hydroxylation is 1. The van der Waals surface area contributed by atoms with Crippen molar-refractivity contribution in [2.24, 2.45) is 0 Å². The summed E-state index contributed by atoms with van der Waals surface area (Å²) in [4.78, 5) is 13.8. The molecule has 1 heterocycles. The first-order valence-electron chi connectivity index (χ1n) is 4.43. The summed E-state index contributed by atoms with van der Waals surface area (Å²) in [5.74, 6) is -0.248. The van der Waals surface area contributed by atoms with Gasteiger partial charge < -0.3 is 20.0 Å². The molecule has 15 heavy (non-hydrogen) atoms. The number of hydrogen-bond donors (Lipinski definition) is 1. The zero-order valence-electron chi connectivity index (χ0n) is 8.51. The van der Waals surface area contributed by atoms with Gasteiger partial charge in [-0.05, 0) is 29.0 Å². The Balaban J connectivity index is 2.91. The highest BCUT2D eigenvalue weighted by atomic mass is 16.6. The van der Waals surface area contributed by atoms with E-state index >= 15 is 0 Å². The molecule has 0 bridgehead atoms. The predicted octanol–water partition coefficient (Wildman–Crippen LogP) is 1.06. The van der Waals surface area contributed by atoms with Crippen molar-refractivity contribution in [2.75, 3.05) is 6.61 Å². The second-order valence-electron chi connectivity index (χ2n) is 3.19. The highest BCUT2D eigenvalue weighted by molar-refractivity contribution is 5.40. The molecule has 1 aromatic heterocycles. The van der Waals surface area contributed by atoms with Crippen LogP contribution in [-0.2, 0) is 0 Å². The molecule has 0 aliphatic carbocycles. The molecule has 0 fully saturated rings. The van der Waals surface area contributed by atoms with E-state index in [1.165, 1.54) is 13.0 Å². The van der Waals surface area contributed by atoms with Crippen molar-refractivity contribution in [2.45, 2.75) is 20.0 Å². The average Bonchev–Trinajstić information content (AvgIpc) is 2.15. The quantitative estimate of drug-likeness (QED) is 0.595. The van der Waals surface area contributed by atoms with Crippen molar-refractivity contribution in [1.82, 2.24) is 4.98 Å². The zero-order chi connectivity index (χ0) is 11.4. The van der Waals surface area contributed by atoms with E-state index in [4.69, 9.17) is 9.84 Å². The third kappa shape index (κ3) is 3.17. The Labute approximate surface area is 86.7 Å². The molecule has 1 N–H and O–H groups in total. The third-order valence-electron chi connectivity index (χ3n) is 1.63. The number of hydrogen-bond acceptors (Lipinski definition) is 5. The van der Waals surface area contributed by atoms with Crippen LogP contribution in [0.5, 0.6) is 5.75 Å². The maximum absolute atomic E-state index is 10.6. The van der Waals surface area contributed by atoms with Gasteiger partial charge in [-0.3, -0.25) is 0 Å². The van der Waals surface area contributed by atoms with Crippen LogP contribution in [0.4, 0.5) is 5.82 Å². The monoisotopic (exact) mass is 212 g/mol. The largest absolute Gasteiger partial charge is 0.483 e. The average molecular weight is 212 g/mol. The molecule has 1 rings (SSSR count). The fraction of sp³-hybridized carbons (Fsp3) is 0.444. The number of nitro groups is 1. The van der Waals surface area contributed by atoms with Crippen LogP contribution >= 0.6 is 0 Å². The SMILES string of the molecule is Cc1ccc(OC[C@@H](C)O)c([N+](=O)[O-])n1. The Morgan fingerprint density at radius 1 is 1.67 bits per heavy atom. The lowest BCUT2D eigenvalue weighted by Gasteiger charge is -2.07. The van der Waals surface area contributed by atoms with Crippen molar-refractivity contribution in [3.05, 3.63) is 27.9 Å². The summed E-state index contributed by atoms with van der Waals surface area (Å²) in [7, 11) is 0. The molecule has 0 radical (unpaired) electrons. The smallest absolute Gasteiger partial charge is 0.406 e. The molecule has 0 saturated carbocycles. The standard InChI is InChI=1S/C9H12N2O4/c1-6-3-4-8(15-5-7(2)12)9(10-6)11(13)14/h3-4,7,12H,5H2,1-2H3/t7-/m1/s1. The van der Waals surface area contributed by atoms with E-state index in [1.807, 2.05) is 0 Å². The number of ether oxygens (including phenoxy) is 1.